The maximum absolute atomic E-state index is 13.2. The zero-order valence-corrected chi connectivity index (χ0v) is 11.6. The van der Waals surface area contributed by atoms with Crippen LogP contribution >= 0.6 is 15.9 Å². The van der Waals surface area contributed by atoms with Gasteiger partial charge in [-0.25, -0.2) is 4.39 Å². The molecule has 1 N–H and O–H groups in total. The van der Waals surface area contributed by atoms with Crippen LogP contribution in [0.3, 0.4) is 0 Å². The molecule has 94 valence electrons. The lowest BCUT2D eigenvalue weighted by atomic mass is 10.0. The first kappa shape index (κ1) is 13.0. The molecular weight excluding hydrogens is 283 g/mol. The van der Waals surface area contributed by atoms with Gasteiger partial charge in [-0.1, -0.05) is 15.9 Å². The Labute approximate surface area is 110 Å². The minimum atomic E-state index is -0.167. The van der Waals surface area contributed by atoms with E-state index in [4.69, 9.17) is 0 Å². The van der Waals surface area contributed by atoms with Crippen LogP contribution in [0.2, 0.25) is 0 Å². The van der Waals surface area contributed by atoms with Crippen molar-refractivity contribution in [3.63, 3.8) is 0 Å². The molecule has 1 aliphatic heterocycles. The third-order valence-corrected chi connectivity index (χ3v) is 3.78. The Morgan fingerprint density at radius 1 is 1.35 bits per heavy atom. The van der Waals surface area contributed by atoms with Crippen molar-refractivity contribution in [2.24, 2.45) is 0 Å². The topological polar surface area (TPSA) is 15.3 Å². The average Bonchev–Trinajstić information content (AvgIpc) is 2.28. The second-order valence-electron chi connectivity index (χ2n) is 4.62. The SMILES string of the molecule is CNC1CCN(Cc2cc(F)cc(Br)c2)CC1. The van der Waals surface area contributed by atoms with Crippen LogP contribution in [0.15, 0.2) is 22.7 Å². The first-order valence-electron chi connectivity index (χ1n) is 6.02. The molecule has 0 unspecified atom stereocenters. The summed E-state index contributed by atoms with van der Waals surface area (Å²) < 4.78 is 14.1. The Morgan fingerprint density at radius 3 is 2.65 bits per heavy atom. The van der Waals surface area contributed by atoms with E-state index in [0.717, 1.165) is 29.7 Å². The molecule has 0 bridgehead atoms. The molecule has 1 aromatic rings. The molecule has 1 fully saturated rings. The standard InChI is InChI=1S/C13H18BrFN2/c1-16-13-2-4-17(5-3-13)9-10-6-11(14)8-12(15)7-10/h6-8,13,16H,2-5,9H2,1H3. The highest BCUT2D eigenvalue weighted by molar-refractivity contribution is 9.10. The van der Waals surface area contributed by atoms with Crippen LogP contribution in [0, 0.1) is 5.82 Å². The Hall–Kier alpha value is -0.450. The normalized spacial score (nSPS) is 18.5. The average molecular weight is 301 g/mol. The fourth-order valence-corrected chi connectivity index (χ4v) is 2.85. The van der Waals surface area contributed by atoms with E-state index in [1.54, 1.807) is 6.07 Å². The Kier molecular flexibility index (Phi) is 4.54. The highest BCUT2D eigenvalue weighted by Crippen LogP contribution is 2.18. The van der Waals surface area contributed by atoms with Gasteiger partial charge < -0.3 is 5.32 Å². The smallest absolute Gasteiger partial charge is 0.124 e. The van der Waals surface area contributed by atoms with Gasteiger partial charge in [0.1, 0.15) is 5.82 Å². The van der Waals surface area contributed by atoms with Gasteiger partial charge in [-0.2, -0.15) is 0 Å². The van der Waals surface area contributed by atoms with Gasteiger partial charge in [0.2, 0.25) is 0 Å². The van der Waals surface area contributed by atoms with Crippen LogP contribution < -0.4 is 5.32 Å². The summed E-state index contributed by atoms with van der Waals surface area (Å²) in [5, 5.41) is 3.31. The Bertz CT molecular complexity index is 355. The monoisotopic (exact) mass is 300 g/mol. The lowest BCUT2D eigenvalue weighted by Crippen LogP contribution is -2.40. The first-order valence-corrected chi connectivity index (χ1v) is 6.81. The molecule has 1 aliphatic rings. The van der Waals surface area contributed by atoms with Crippen molar-refractivity contribution >= 4 is 15.9 Å². The maximum atomic E-state index is 13.2. The molecule has 0 spiro atoms. The number of nitrogens with one attached hydrogen (secondary N) is 1. The summed E-state index contributed by atoms with van der Waals surface area (Å²) in [6, 6.07) is 5.75. The van der Waals surface area contributed by atoms with E-state index in [1.165, 1.54) is 18.9 Å². The molecule has 4 heteroatoms. The highest BCUT2D eigenvalue weighted by Gasteiger charge is 2.17. The molecule has 0 amide bonds. The quantitative estimate of drug-likeness (QED) is 0.923. The summed E-state index contributed by atoms with van der Waals surface area (Å²) >= 11 is 3.33. The third-order valence-electron chi connectivity index (χ3n) is 3.32. The number of piperidine rings is 1. The number of halogens is 2. The Balaban J connectivity index is 1.93. The molecule has 1 heterocycles. The lowest BCUT2D eigenvalue weighted by molar-refractivity contribution is 0.194. The van der Waals surface area contributed by atoms with Gasteiger partial charge in [-0.15, -0.1) is 0 Å². The molecule has 1 saturated heterocycles. The third kappa shape index (κ3) is 3.76. The van der Waals surface area contributed by atoms with Crippen molar-refractivity contribution < 1.29 is 4.39 Å². The van der Waals surface area contributed by atoms with Gasteiger partial charge in [0.25, 0.3) is 0 Å². The predicted molar refractivity (Wildman–Crippen MR) is 71.5 cm³/mol. The van der Waals surface area contributed by atoms with Crippen molar-refractivity contribution in [1.29, 1.82) is 0 Å². The fraction of sp³-hybridized carbons (Fsp3) is 0.538. The van der Waals surface area contributed by atoms with Gasteiger partial charge in [-0.05, 0) is 56.7 Å². The summed E-state index contributed by atoms with van der Waals surface area (Å²) in [5.41, 5.74) is 1.04. The molecular formula is C13H18BrFN2. The number of rotatable bonds is 3. The first-order chi connectivity index (χ1) is 8.17. The molecule has 0 atom stereocenters. The molecule has 0 radical (unpaired) electrons. The van der Waals surface area contributed by atoms with Crippen molar-refractivity contribution in [1.82, 2.24) is 10.2 Å². The number of hydrogen-bond acceptors (Lipinski definition) is 2. The van der Waals surface area contributed by atoms with E-state index in [2.05, 4.69) is 26.1 Å². The van der Waals surface area contributed by atoms with Crippen molar-refractivity contribution in [3.05, 3.63) is 34.1 Å². The van der Waals surface area contributed by atoms with Gasteiger partial charge in [0, 0.05) is 17.1 Å². The lowest BCUT2D eigenvalue weighted by Gasteiger charge is -2.31. The number of hydrogen-bond donors (Lipinski definition) is 1. The second-order valence-corrected chi connectivity index (χ2v) is 5.53. The van der Waals surface area contributed by atoms with Crippen molar-refractivity contribution in [3.8, 4) is 0 Å². The second kappa shape index (κ2) is 5.94. The van der Waals surface area contributed by atoms with Gasteiger partial charge >= 0.3 is 0 Å². The molecule has 2 rings (SSSR count). The van der Waals surface area contributed by atoms with Crippen LogP contribution in [0.1, 0.15) is 18.4 Å². The van der Waals surface area contributed by atoms with E-state index in [0.29, 0.717) is 6.04 Å². The van der Waals surface area contributed by atoms with E-state index in [9.17, 15) is 4.39 Å². The largest absolute Gasteiger partial charge is 0.317 e. The number of nitrogens with zero attached hydrogens (tertiary/aromatic N) is 1. The number of benzene rings is 1. The zero-order chi connectivity index (χ0) is 12.3. The van der Waals surface area contributed by atoms with E-state index < -0.39 is 0 Å². The molecule has 2 nitrogen and oxygen atoms in total. The van der Waals surface area contributed by atoms with Gasteiger partial charge in [0.15, 0.2) is 0 Å². The summed E-state index contributed by atoms with van der Waals surface area (Å²) in [6.07, 6.45) is 2.35. The number of likely N-dealkylation sites (tertiary alicyclic amines) is 1. The predicted octanol–water partition coefficient (Wildman–Crippen LogP) is 2.77. The summed E-state index contributed by atoms with van der Waals surface area (Å²) in [6.45, 7) is 3.01. The van der Waals surface area contributed by atoms with Crippen LogP contribution in [-0.2, 0) is 6.54 Å². The van der Waals surface area contributed by atoms with Crippen molar-refractivity contribution in [2.75, 3.05) is 20.1 Å². The molecule has 17 heavy (non-hydrogen) atoms. The van der Waals surface area contributed by atoms with Gasteiger partial charge in [-0.3, -0.25) is 4.90 Å². The fourth-order valence-electron chi connectivity index (χ4n) is 2.34. The summed E-state index contributed by atoms with van der Waals surface area (Å²) in [4.78, 5) is 2.38. The Morgan fingerprint density at radius 2 is 2.06 bits per heavy atom. The van der Waals surface area contributed by atoms with E-state index in [-0.39, 0.29) is 5.82 Å². The maximum Gasteiger partial charge on any atom is 0.124 e. The highest BCUT2D eigenvalue weighted by atomic mass is 79.9. The van der Waals surface area contributed by atoms with Crippen LogP contribution in [0.25, 0.3) is 0 Å². The minimum Gasteiger partial charge on any atom is -0.317 e. The summed E-state index contributed by atoms with van der Waals surface area (Å²) in [5.74, 6) is -0.167. The molecule has 0 aliphatic carbocycles. The zero-order valence-electron chi connectivity index (χ0n) is 10.0. The van der Waals surface area contributed by atoms with Crippen molar-refractivity contribution in [2.45, 2.75) is 25.4 Å². The van der Waals surface area contributed by atoms with E-state index in [1.807, 2.05) is 13.1 Å². The van der Waals surface area contributed by atoms with E-state index >= 15 is 0 Å². The molecule has 0 saturated carbocycles. The van der Waals surface area contributed by atoms with Crippen LogP contribution in [-0.4, -0.2) is 31.1 Å². The van der Waals surface area contributed by atoms with Crippen LogP contribution in [0.4, 0.5) is 4.39 Å². The van der Waals surface area contributed by atoms with Crippen LogP contribution in [0.5, 0.6) is 0 Å². The molecule has 0 aromatic heterocycles. The molecule has 1 aromatic carbocycles. The minimum absolute atomic E-state index is 0.167. The van der Waals surface area contributed by atoms with Gasteiger partial charge in [0.05, 0.1) is 0 Å². The summed E-state index contributed by atoms with van der Waals surface area (Å²) in [7, 11) is 2.02.